The van der Waals surface area contributed by atoms with Gasteiger partial charge in [0.25, 0.3) is 0 Å². The van der Waals surface area contributed by atoms with E-state index in [0.29, 0.717) is 18.8 Å². The highest BCUT2D eigenvalue weighted by Gasteiger charge is 2.21. The summed E-state index contributed by atoms with van der Waals surface area (Å²) in [6.07, 6.45) is 4.76. The number of fused-ring (bicyclic) bond motifs is 1. The highest BCUT2D eigenvalue weighted by atomic mass is 19.1. The zero-order valence-electron chi connectivity index (χ0n) is 16.2. The maximum atomic E-state index is 15.0. The minimum Gasteiger partial charge on any atom is -0.444 e. The summed E-state index contributed by atoms with van der Waals surface area (Å²) in [5.74, 6) is -0.945. The van der Waals surface area contributed by atoms with Gasteiger partial charge < -0.3 is 24.7 Å². The van der Waals surface area contributed by atoms with Gasteiger partial charge in [-0.15, -0.1) is 0 Å². The van der Waals surface area contributed by atoms with Crippen LogP contribution in [0.3, 0.4) is 0 Å². The number of carbonyl (C=O) groups excluding carboxylic acids is 1. The molecule has 0 radical (unpaired) electrons. The fourth-order valence-corrected chi connectivity index (χ4v) is 3.51. The molecule has 0 aliphatic carbocycles. The number of ether oxygens (including phenoxy) is 1. The predicted octanol–water partition coefficient (Wildman–Crippen LogP) is 1.92. The van der Waals surface area contributed by atoms with Crippen LogP contribution in [0.5, 0.6) is 0 Å². The van der Waals surface area contributed by atoms with E-state index in [2.05, 4.69) is 16.0 Å². The van der Waals surface area contributed by atoms with E-state index in [1.165, 1.54) is 0 Å². The number of alkyl carbamates (subject to hydrolysis) is 1. The van der Waals surface area contributed by atoms with Gasteiger partial charge in [0.2, 0.25) is 0 Å². The number of hydrogen-bond donors (Lipinski definition) is 3. The molecule has 10 heteroatoms. The van der Waals surface area contributed by atoms with E-state index in [1.807, 2.05) is 33.1 Å². The first-order valence-electron chi connectivity index (χ1n) is 9.49. The summed E-state index contributed by atoms with van der Waals surface area (Å²) in [7, 11) is 0. The van der Waals surface area contributed by atoms with Gasteiger partial charge in [0.1, 0.15) is 12.3 Å². The number of imidazole rings is 1. The third-order valence-electron chi connectivity index (χ3n) is 5.02. The second-order valence-electron chi connectivity index (χ2n) is 6.92. The Morgan fingerprint density at radius 3 is 2.73 bits per heavy atom. The van der Waals surface area contributed by atoms with E-state index in [-0.39, 0.29) is 12.2 Å². The highest BCUT2D eigenvalue weighted by Crippen LogP contribution is 2.26. The van der Waals surface area contributed by atoms with Gasteiger partial charge in [0.15, 0.2) is 11.8 Å². The molecule has 1 aromatic carbocycles. The zero-order valence-corrected chi connectivity index (χ0v) is 16.2. The number of carbonyl (C=O) groups is 1. The van der Waals surface area contributed by atoms with Gasteiger partial charge >= 0.3 is 6.09 Å². The molecule has 4 N–H and O–H groups in total. The van der Waals surface area contributed by atoms with Gasteiger partial charge in [-0.25, -0.2) is 14.2 Å². The van der Waals surface area contributed by atoms with Crippen LogP contribution in [0.15, 0.2) is 48.9 Å². The molecule has 1 fully saturated rings. The van der Waals surface area contributed by atoms with Crippen LogP contribution < -0.4 is 20.9 Å². The first-order valence-corrected chi connectivity index (χ1v) is 9.49. The third-order valence-corrected chi connectivity index (χ3v) is 5.02. The molecule has 1 amide bonds. The van der Waals surface area contributed by atoms with Crippen LogP contribution in [-0.2, 0) is 11.3 Å². The van der Waals surface area contributed by atoms with Crippen molar-refractivity contribution in [3.63, 3.8) is 0 Å². The topological polar surface area (TPSA) is 112 Å². The molecule has 0 unspecified atom stereocenters. The van der Waals surface area contributed by atoms with E-state index in [9.17, 15) is 9.18 Å². The first kappa shape index (κ1) is 19.5. The molecule has 4 rings (SSSR count). The lowest BCUT2D eigenvalue weighted by Crippen LogP contribution is -2.47. The van der Waals surface area contributed by atoms with Crippen molar-refractivity contribution in [2.45, 2.75) is 6.61 Å². The number of benzene rings is 1. The minimum atomic E-state index is -0.893. The third kappa shape index (κ3) is 4.12. The summed E-state index contributed by atoms with van der Waals surface area (Å²) in [5, 5.41) is 9.00. The van der Waals surface area contributed by atoms with Crippen LogP contribution in [0.2, 0.25) is 0 Å². The number of halogens is 1. The Kier molecular flexibility index (Phi) is 5.38. The molecule has 0 bridgehead atoms. The Morgan fingerprint density at radius 2 is 1.97 bits per heavy atom. The van der Waals surface area contributed by atoms with Crippen LogP contribution in [0, 0.1) is 11.2 Å². The SMILES string of the molecule is N=C(N)NC(=O)OCc1cccc(N2CCN(c3ccn4ccnc4c3)CC2)c1F. The van der Waals surface area contributed by atoms with Crippen molar-refractivity contribution in [2.75, 3.05) is 36.0 Å². The summed E-state index contributed by atoms with van der Waals surface area (Å²) in [5.41, 5.74) is 7.79. The summed E-state index contributed by atoms with van der Waals surface area (Å²) in [6, 6.07) is 9.12. The molecule has 156 valence electrons. The van der Waals surface area contributed by atoms with Gasteiger partial charge in [-0.05, 0) is 12.1 Å². The molecule has 1 aliphatic rings. The largest absolute Gasteiger partial charge is 0.444 e. The number of pyridine rings is 1. The molecule has 0 saturated carbocycles. The number of nitrogens with one attached hydrogen (secondary N) is 2. The van der Waals surface area contributed by atoms with Crippen LogP contribution >= 0.6 is 0 Å². The fraction of sp³-hybridized carbons (Fsp3) is 0.250. The number of nitrogens with zero attached hydrogens (tertiary/aromatic N) is 4. The molecular weight excluding hydrogens is 389 g/mol. The van der Waals surface area contributed by atoms with E-state index < -0.39 is 17.9 Å². The molecule has 1 saturated heterocycles. The Hall–Kier alpha value is -3.82. The van der Waals surface area contributed by atoms with Crippen molar-refractivity contribution in [1.29, 1.82) is 5.41 Å². The number of piperazine rings is 1. The van der Waals surface area contributed by atoms with Crippen LogP contribution in [0.25, 0.3) is 5.65 Å². The number of amides is 1. The number of hydrogen-bond acceptors (Lipinski definition) is 6. The second-order valence-corrected chi connectivity index (χ2v) is 6.92. The lowest BCUT2D eigenvalue weighted by Gasteiger charge is -2.37. The van der Waals surface area contributed by atoms with Crippen molar-refractivity contribution in [1.82, 2.24) is 14.7 Å². The Bertz CT molecular complexity index is 1080. The lowest BCUT2D eigenvalue weighted by atomic mass is 10.1. The Labute approximate surface area is 172 Å². The molecule has 1 aliphatic heterocycles. The Balaban J connectivity index is 1.40. The average molecular weight is 411 g/mol. The maximum Gasteiger partial charge on any atom is 0.414 e. The fourth-order valence-electron chi connectivity index (χ4n) is 3.51. The van der Waals surface area contributed by atoms with E-state index in [0.717, 1.165) is 24.4 Å². The summed E-state index contributed by atoms with van der Waals surface area (Å²) < 4.78 is 21.9. The van der Waals surface area contributed by atoms with Crippen molar-refractivity contribution in [3.05, 3.63) is 60.3 Å². The van der Waals surface area contributed by atoms with Crippen LogP contribution in [0.4, 0.5) is 20.6 Å². The van der Waals surface area contributed by atoms with Crippen molar-refractivity contribution in [3.8, 4) is 0 Å². The molecule has 9 nitrogen and oxygen atoms in total. The molecule has 0 atom stereocenters. The zero-order chi connectivity index (χ0) is 21.1. The van der Waals surface area contributed by atoms with Crippen molar-refractivity contribution in [2.24, 2.45) is 5.73 Å². The average Bonchev–Trinajstić information content (AvgIpc) is 3.20. The maximum absolute atomic E-state index is 15.0. The molecule has 2 aromatic heterocycles. The molecule has 3 aromatic rings. The number of aromatic nitrogens is 2. The molecule has 30 heavy (non-hydrogen) atoms. The van der Waals surface area contributed by atoms with Crippen LogP contribution in [0.1, 0.15) is 5.56 Å². The normalized spacial score (nSPS) is 14.0. The minimum absolute atomic E-state index is 0.247. The van der Waals surface area contributed by atoms with Crippen LogP contribution in [-0.4, -0.2) is 47.6 Å². The predicted molar refractivity (Wildman–Crippen MR) is 111 cm³/mol. The number of guanidine groups is 1. The molecule has 3 heterocycles. The number of rotatable bonds is 4. The quantitative estimate of drug-likeness (QED) is 0.447. The van der Waals surface area contributed by atoms with Gasteiger partial charge in [-0.3, -0.25) is 10.7 Å². The van der Waals surface area contributed by atoms with Gasteiger partial charge in [0, 0.05) is 62.1 Å². The van der Waals surface area contributed by atoms with Gasteiger partial charge in [-0.1, -0.05) is 12.1 Å². The monoisotopic (exact) mass is 411 g/mol. The summed E-state index contributed by atoms with van der Waals surface area (Å²) >= 11 is 0. The van der Waals surface area contributed by atoms with Gasteiger partial charge in [0.05, 0.1) is 5.69 Å². The van der Waals surface area contributed by atoms with Crippen molar-refractivity contribution >= 4 is 29.1 Å². The second kappa shape index (κ2) is 8.27. The summed E-state index contributed by atoms with van der Waals surface area (Å²) in [6.45, 7) is 2.57. The standard InChI is InChI=1S/C20H22FN7O2/c21-18-14(13-30-20(29)25-19(22)23)2-1-3-16(18)27-10-8-26(9-11-27)15-4-6-28-7-5-24-17(28)12-15/h1-7,12H,8-11,13H2,(H4,22,23,25,29). The first-order chi connectivity index (χ1) is 14.5. The van der Waals surface area contributed by atoms with E-state index >= 15 is 0 Å². The van der Waals surface area contributed by atoms with E-state index in [4.69, 9.17) is 15.9 Å². The Morgan fingerprint density at radius 1 is 1.20 bits per heavy atom. The number of nitrogens with two attached hydrogens (primary N) is 1. The highest BCUT2D eigenvalue weighted by molar-refractivity contribution is 5.90. The van der Waals surface area contributed by atoms with Crippen molar-refractivity contribution < 1.29 is 13.9 Å². The smallest absolute Gasteiger partial charge is 0.414 e. The number of anilines is 2. The molecule has 0 spiro atoms. The van der Waals surface area contributed by atoms with Gasteiger partial charge in [-0.2, -0.15) is 0 Å². The molecular formula is C20H22FN7O2. The van der Waals surface area contributed by atoms with E-state index in [1.54, 1.807) is 24.4 Å². The summed E-state index contributed by atoms with van der Waals surface area (Å²) in [4.78, 5) is 20.0. The lowest BCUT2D eigenvalue weighted by molar-refractivity contribution is 0.143.